The first kappa shape index (κ1) is 13.5. The van der Waals surface area contributed by atoms with E-state index in [0.29, 0.717) is 11.8 Å². The zero-order valence-corrected chi connectivity index (χ0v) is 10.1. The molecule has 1 nitrogen and oxygen atoms in total. The molecule has 0 aliphatic carbocycles. The lowest BCUT2D eigenvalue weighted by molar-refractivity contribution is -0.135. The molecule has 0 spiro atoms. The molecule has 0 aromatic carbocycles. The largest absolute Gasteiger partial charge is 0.389 e. The Hall–Kier alpha value is 0.450. The van der Waals surface area contributed by atoms with Gasteiger partial charge in [-0.2, -0.15) is 36.7 Å². The molecule has 1 saturated heterocycles. The summed E-state index contributed by atoms with van der Waals surface area (Å²) in [7, 11) is 0. The molecule has 0 bridgehead atoms. The fourth-order valence-electron chi connectivity index (χ4n) is 1.33. The second-order valence-corrected chi connectivity index (χ2v) is 6.05. The normalized spacial score (nSPS) is 23.0. The van der Waals surface area contributed by atoms with Crippen LogP contribution < -0.4 is 5.32 Å². The van der Waals surface area contributed by atoms with Crippen molar-refractivity contribution in [3.05, 3.63) is 0 Å². The first-order chi connectivity index (χ1) is 7.08. The number of nitrogens with one attached hydrogen (secondary N) is 1. The molecule has 1 aliphatic heterocycles. The van der Waals surface area contributed by atoms with Crippen LogP contribution in [-0.2, 0) is 0 Å². The van der Waals surface area contributed by atoms with Gasteiger partial charge in [-0.25, -0.2) is 0 Å². The van der Waals surface area contributed by atoms with Crippen molar-refractivity contribution in [2.75, 3.05) is 30.3 Å². The van der Waals surface area contributed by atoms with Crippen LogP contribution in [0.3, 0.4) is 0 Å². The molecule has 0 saturated carbocycles. The summed E-state index contributed by atoms with van der Waals surface area (Å²) in [5.74, 6) is 3.49. The predicted molar refractivity (Wildman–Crippen MR) is 61.7 cm³/mol. The molecule has 1 atom stereocenters. The molecular weight excluding hydrogens is 243 g/mol. The Morgan fingerprint density at radius 1 is 1.27 bits per heavy atom. The zero-order valence-electron chi connectivity index (χ0n) is 8.48. The van der Waals surface area contributed by atoms with Crippen LogP contribution >= 0.6 is 23.5 Å². The van der Waals surface area contributed by atoms with E-state index in [-0.39, 0.29) is 6.42 Å². The van der Waals surface area contributed by atoms with Gasteiger partial charge in [0, 0.05) is 35.5 Å². The Labute approximate surface area is 96.9 Å². The van der Waals surface area contributed by atoms with Gasteiger partial charge in [0.05, 0.1) is 0 Å². The third-order valence-electron chi connectivity index (χ3n) is 2.07. The standard InChI is InChI=1S/C9H16F3NS2/c10-9(11,12)2-1-3-13-6-8-7-14-4-5-15-8/h8,13H,1-7H2. The van der Waals surface area contributed by atoms with Gasteiger partial charge in [0.15, 0.2) is 0 Å². The summed E-state index contributed by atoms with van der Waals surface area (Å²) in [6, 6.07) is 0. The Morgan fingerprint density at radius 3 is 2.67 bits per heavy atom. The molecular formula is C9H16F3NS2. The highest BCUT2D eigenvalue weighted by Crippen LogP contribution is 2.23. The number of halogens is 3. The molecule has 0 radical (unpaired) electrons. The summed E-state index contributed by atoms with van der Waals surface area (Å²) in [6.45, 7) is 1.32. The summed E-state index contributed by atoms with van der Waals surface area (Å²) >= 11 is 3.85. The summed E-state index contributed by atoms with van der Waals surface area (Å²) in [5, 5.41) is 3.67. The van der Waals surface area contributed by atoms with Crippen molar-refractivity contribution in [1.29, 1.82) is 0 Å². The maximum atomic E-state index is 11.8. The average molecular weight is 259 g/mol. The van der Waals surface area contributed by atoms with Crippen LogP contribution in [0.5, 0.6) is 0 Å². The maximum absolute atomic E-state index is 11.8. The first-order valence-electron chi connectivity index (χ1n) is 5.05. The van der Waals surface area contributed by atoms with E-state index in [1.165, 1.54) is 11.5 Å². The molecule has 0 aromatic rings. The minimum Gasteiger partial charge on any atom is -0.316 e. The second-order valence-electron chi connectivity index (χ2n) is 3.49. The van der Waals surface area contributed by atoms with Gasteiger partial charge in [-0.15, -0.1) is 0 Å². The SMILES string of the molecule is FC(F)(F)CCCNCC1CSCCS1. The lowest BCUT2D eigenvalue weighted by Gasteiger charge is -2.21. The van der Waals surface area contributed by atoms with Crippen molar-refractivity contribution >= 4 is 23.5 Å². The van der Waals surface area contributed by atoms with E-state index >= 15 is 0 Å². The Kier molecular flexibility index (Phi) is 6.23. The molecule has 1 N–H and O–H groups in total. The van der Waals surface area contributed by atoms with Gasteiger partial charge in [0.25, 0.3) is 0 Å². The smallest absolute Gasteiger partial charge is 0.316 e. The van der Waals surface area contributed by atoms with Gasteiger partial charge in [0.2, 0.25) is 0 Å². The molecule has 1 heterocycles. The maximum Gasteiger partial charge on any atom is 0.389 e. The molecule has 1 rings (SSSR count). The minimum absolute atomic E-state index is 0.189. The molecule has 0 aromatic heterocycles. The average Bonchev–Trinajstić information content (AvgIpc) is 2.17. The predicted octanol–water partition coefficient (Wildman–Crippen LogP) is 2.77. The minimum atomic E-state index is -4.00. The molecule has 15 heavy (non-hydrogen) atoms. The highest BCUT2D eigenvalue weighted by molar-refractivity contribution is 8.06. The molecule has 0 amide bonds. The number of rotatable bonds is 5. The highest BCUT2D eigenvalue weighted by atomic mass is 32.2. The van der Waals surface area contributed by atoms with Crippen LogP contribution in [0.25, 0.3) is 0 Å². The molecule has 1 aliphatic rings. The fourth-order valence-corrected chi connectivity index (χ4v) is 3.98. The molecule has 6 heteroatoms. The van der Waals surface area contributed by atoms with Crippen molar-refractivity contribution in [3.8, 4) is 0 Å². The quantitative estimate of drug-likeness (QED) is 0.763. The van der Waals surface area contributed by atoms with Crippen molar-refractivity contribution in [1.82, 2.24) is 5.32 Å². The van der Waals surface area contributed by atoms with E-state index in [2.05, 4.69) is 5.32 Å². The second kappa shape index (κ2) is 6.91. The lowest BCUT2D eigenvalue weighted by Crippen LogP contribution is -2.30. The van der Waals surface area contributed by atoms with E-state index in [1.54, 1.807) is 0 Å². The van der Waals surface area contributed by atoms with E-state index in [4.69, 9.17) is 0 Å². The van der Waals surface area contributed by atoms with Crippen molar-refractivity contribution in [2.45, 2.75) is 24.3 Å². The van der Waals surface area contributed by atoms with Gasteiger partial charge >= 0.3 is 6.18 Å². The topological polar surface area (TPSA) is 12.0 Å². The van der Waals surface area contributed by atoms with E-state index in [0.717, 1.165) is 12.3 Å². The monoisotopic (exact) mass is 259 g/mol. The van der Waals surface area contributed by atoms with Crippen LogP contribution in [-0.4, -0.2) is 41.8 Å². The van der Waals surface area contributed by atoms with Gasteiger partial charge in [-0.3, -0.25) is 0 Å². The zero-order chi connectivity index (χ0) is 11.1. The van der Waals surface area contributed by atoms with Gasteiger partial charge < -0.3 is 5.32 Å². The van der Waals surface area contributed by atoms with Crippen molar-refractivity contribution in [3.63, 3.8) is 0 Å². The van der Waals surface area contributed by atoms with Crippen molar-refractivity contribution < 1.29 is 13.2 Å². The van der Waals surface area contributed by atoms with E-state index in [9.17, 15) is 13.2 Å². The number of hydrogen-bond donors (Lipinski definition) is 1. The third kappa shape index (κ3) is 7.36. The van der Waals surface area contributed by atoms with Crippen molar-refractivity contribution in [2.24, 2.45) is 0 Å². The summed E-state index contributed by atoms with van der Waals surface area (Å²) < 4.78 is 35.4. The number of alkyl halides is 3. The molecule has 1 fully saturated rings. The molecule has 1 unspecified atom stereocenters. The van der Waals surface area contributed by atoms with Crippen LogP contribution in [0, 0.1) is 0 Å². The Morgan fingerprint density at radius 2 is 2.07 bits per heavy atom. The summed E-state index contributed by atoms with van der Waals surface area (Å²) in [6.07, 6.45) is -4.49. The Bertz CT molecular complexity index is 169. The van der Waals surface area contributed by atoms with Crippen LogP contribution in [0.4, 0.5) is 13.2 Å². The third-order valence-corrected chi connectivity index (χ3v) is 4.92. The number of thioether (sulfide) groups is 2. The number of hydrogen-bond acceptors (Lipinski definition) is 3. The van der Waals surface area contributed by atoms with E-state index < -0.39 is 12.6 Å². The van der Waals surface area contributed by atoms with E-state index in [1.807, 2.05) is 23.5 Å². The molecule has 90 valence electrons. The van der Waals surface area contributed by atoms with Gasteiger partial charge in [0.1, 0.15) is 0 Å². The fraction of sp³-hybridized carbons (Fsp3) is 1.00. The summed E-state index contributed by atoms with van der Waals surface area (Å²) in [5.41, 5.74) is 0. The van der Waals surface area contributed by atoms with Gasteiger partial charge in [-0.05, 0) is 13.0 Å². The lowest BCUT2D eigenvalue weighted by atomic mass is 10.3. The van der Waals surface area contributed by atoms with Gasteiger partial charge in [-0.1, -0.05) is 0 Å². The highest BCUT2D eigenvalue weighted by Gasteiger charge is 2.25. The van der Waals surface area contributed by atoms with Crippen LogP contribution in [0.2, 0.25) is 0 Å². The summed E-state index contributed by atoms with van der Waals surface area (Å²) in [4.78, 5) is 0. The first-order valence-corrected chi connectivity index (χ1v) is 7.25. The Balaban J connectivity index is 1.92. The van der Waals surface area contributed by atoms with Crippen LogP contribution in [0.15, 0.2) is 0 Å². The van der Waals surface area contributed by atoms with Crippen LogP contribution in [0.1, 0.15) is 12.8 Å².